The van der Waals surface area contributed by atoms with E-state index < -0.39 is 13.2 Å². The van der Waals surface area contributed by atoms with Crippen LogP contribution in [0.25, 0.3) is 0 Å². The molecule has 2 aromatic carbocycles. The molecule has 0 aliphatic rings. The largest absolute Gasteiger partial charge is 0.319 e. The number of hydrogen-bond donors (Lipinski definition) is 0. The highest BCUT2D eigenvalue weighted by Crippen LogP contribution is 2.21. The lowest BCUT2D eigenvalue weighted by atomic mass is 10.0. The number of nitro benzene ring substituents is 1. The second kappa shape index (κ2) is 11.3. The molecule has 0 saturated heterocycles. The van der Waals surface area contributed by atoms with Crippen LogP contribution < -0.4 is 0 Å². The van der Waals surface area contributed by atoms with Gasteiger partial charge in [-0.1, -0.05) is 30.3 Å². The summed E-state index contributed by atoms with van der Waals surface area (Å²) in [7, 11) is -2.14. The van der Waals surface area contributed by atoms with Crippen molar-refractivity contribution in [2.75, 3.05) is 13.2 Å². The van der Waals surface area contributed by atoms with Crippen molar-refractivity contribution in [1.82, 2.24) is 0 Å². The molecule has 0 atom stereocenters. The Morgan fingerprint density at radius 1 is 0.960 bits per heavy atom. The van der Waals surface area contributed by atoms with Crippen LogP contribution in [-0.4, -0.2) is 23.9 Å². The molecule has 8 heteroatoms. The van der Waals surface area contributed by atoms with Crippen LogP contribution in [0.3, 0.4) is 0 Å². The molecular weight excluding hydrogens is 345 g/mol. The molecule has 0 aliphatic carbocycles. The van der Waals surface area contributed by atoms with Gasteiger partial charge in [-0.15, -0.1) is 0 Å². The predicted octanol–water partition coefficient (Wildman–Crippen LogP) is 4.27. The van der Waals surface area contributed by atoms with Crippen molar-refractivity contribution in [3.8, 4) is 0 Å². The molecule has 0 N–H and O–H groups in total. The van der Waals surface area contributed by atoms with Gasteiger partial charge in [-0.3, -0.25) is 19.5 Å². The van der Waals surface area contributed by atoms with E-state index >= 15 is 0 Å². The lowest BCUT2D eigenvalue weighted by Crippen LogP contribution is -2.00. The van der Waals surface area contributed by atoms with Crippen molar-refractivity contribution >= 4 is 19.7 Å². The Morgan fingerprint density at radius 3 is 1.88 bits per heavy atom. The summed E-state index contributed by atoms with van der Waals surface area (Å²) in [4.78, 5) is 21.9. The number of rotatable bonds is 7. The maximum absolute atomic E-state index is 12.0. The molecule has 0 spiro atoms. The molecule has 0 aromatic heterocycles. The number of benzene rings is 2. The molecule has 25 heavy (non-hydrogen) atoms. The average Bonchev–Trinajstić information content (AvgIpc) is 2.63. The van der Waals surface area contributed by atoms with Crippen molar-refractivity contribution in [2.45, 2.75) is 13.8 Å². The molecule has 0 saturated carbocycles. The second-order valence-corrected chi connectivity index (χ2v) is 5.69. The maximum atomic E-state index is 12.0. The Morgan fingerprint density at radius 2 is 1.44 bits per heavy atom. The molecule has 134 valence electrons. The summed E-state index contributed by atoms with van der Waals surface area (Å²) < 4.78 is 19.6. The molecule has 0 fully saturated rings. The molecule has 0 bridgehead atoms. The Hall–Kier alpha value is -2.34. The van der Waals surface area contributed by atoms with Gasteiger partial charge in [-0.05, 0) is 26.0 Å². The zero-order valence-electron chi connectivity index (χ0n) is 14.0. The van der Waals surface area contributed by atoms with E-state index in [2.05, 4.69) is 9.05 Å². The van der Waals surface area contributed by atoms with Gasteiger partial charge in [0.1, 0.15) is 0 Å². The Balaban J connectivity index is 0.000000333. The van der Waals surface area contributed by atoms with Gasteiger partial charge in [0.15, 0.2) is 5.78 Å². The van der Waals surface area contributed by atoms with Crippen LogP contribution in [0.2, 0.25) is 0 Å². The summed E-state index contributed by atoms with van der Waals surface area (Å²) >= 11 is 0. The zero-order chi connectivity index (χ0) is 18.7. The van der Waals surface area contributed by atoms with Gasteiger partial charge >= 0.3 is 8.25 Å². The van der Waals surface area contributed by atoms with E-state index in [-0.39, 0.29) is 11.5 Å². The molecule has 0 heterocycles. The van der Waals surface area contributed by atoms with Gasteiger partial charge in [0.25, 0.3) is 5.69 Å². The molecule has 7 nitrogen and oxygen atoms in total. The summed E-state index contributed by atoms with van der Waals surface area (Å²) in [6.07, 6.45) is 0. The van der Waals surface area contributed by atoms with Crippen molar-refractivity contribution in [3.05, 3.63) is 75.8 Å². The average molecular weight is 365 g/mol. The Labute approximate surface area is 146 Å². The molecule has 0 radical (unpaired) electrons. The van der Waals surface area contributed by atoms with Gasteiger partial charge in [0.05, 0.1) is 18.1 Å². The fourth-order valence-corrected chi connectivity index (χ4v) is 2.32. The van der Waals surface area contributed by atoms with Gasteiger partial charge in [-0.2, -0.15) is 0 Å². The van der Waals surface area contributed by atoms with Crippen molar-refractivity contribution in [1.29, 1.82) is 0 Å². The van der Waals surface area contributed by atoms with Crippen LogP contribution >= 0.6 is 8.25 Å². The van der Waals surface area contributed by atoms with Crippen molar-refractivity contribution in [3.63, 3.8) is 0 Å². The first-order valence-corrected chi connectivity index (χ1v) is 8.85. The fourth-order valence-electron chi connectivity index (χ4n) is 1.77. The number of nitro groups is 1. The molecule has 0 aliphatic heterocycles. The van der Waals surface area contributed by atoms with E-state index in [1.807, 2.05) is 6.07 Å². The van der Waals surface area contributed by atoms with E-state index in [1.165, 1.54) is 24.3 Å². The third kappa shape index (κ3) is 7.39. The number of non-ortho nitro benzene ring substituents is 1. The molecule has 0 unspecified atom stereocenters. The monoisotopic (exact) mass is 365 g/mol. The Kier molecular flexibility index (Phi) is 9.32. The first kappa shape index (κ1) is 20.7. The number of nitrogens with zero attached hydrogens (tertiary/aromatic N) is 1. The van der Waals surface area contributed by atoms with Gasteiger partial charge in [-0.25, -0.2) is 0 Å². The SMILES string of the molecule is CCO[PH](=O)OCC.O=C(c1ccccc1)c1ccc([N+](=O)[O-])cc1. The summed E-state index contributed by atoms with van der Waals surface area (Å²) in [5, 5.41) is 10.5. The van der Waals surface area contributed by atoms with Crippen LogP contribution in [0.15, 0.2) is 54.6 Å². The van der Waals surface area contributed by atoms with Crippen LogP contribution in [-0.2, 0) is 13.6 Å². The lowest BCUT2D eigenvalue weighted by Gasteiger charge is -2.00. The standard InChI is InChI=1S/C13H9NO3.C4H11O3P/c15-13(10-4-2-1-3-5-10)11-6-8-12(9-7-11)14(16)17;1-3-6-8(5)7-4-2/h1-9H;8H,3-4H2,1-2H3. The summed E-state index contributed by atoms with van der Waals surface area (Å²) in [5.41, 5.74) is 0.998. The normalized spacial score (nSPS) is 10.0. The molecule has 2 aromatic rings. The van der Waals surface area contributed by atoms with Gasteiger partial charge in [0, 0.05) is 23.3 Å². The highest BCUT2D eigenvalue weighted by atomic mass is 31.1. The minimum absolute atomic E-state index is 0.0189. The number of ketones is 1. The molecular formula is C17H20NO6P. The van der Waals surface area contributed by atoms with Crippen LogP contribution in [0.1, 0.15) is 29.8 Å². The van der Waals surface area contributed by atoms with E-state index in [4.69, 9.17) is 0 Å². The number of hydrogen-bond acceptors (Lipinski definition) is 6. The molecule has 2 rings (SSSR count). The Bertz CT molecular complexity index is 695. The van der Waals surface area contributed by atoms with Gasteiger partial charge < -0.3 is 9.05 Å². The predicted molar refractivity (Wildman–Crippen MR) is 95.2 cm³/mol. The van der Waals surface area contributed by atoms with E-state index in [0.29, 0.717) is 24.3 Å². The lowest BCUT2D eigenvalue weighted by molar-refractivity contribution is -0.384. The van der Waals surface area contributed by atoms with Crippen LogP contribution in [0, 0.1) is 10.1 Å². The smallest absolute Gasteiger partial charge is 0.311 e. The quantitative estimate of drug-likeness (QED) is 0.315. The van der Waals surface area contributed by atoms with Crippen molar-refractivity contribution in [2.24, 2.45) is 0 Å². The highest BCUT2D eigenvalue weighted by molar-refractivity contribution is 7.33. The third-order valence-corrected chi connectivity index (χ3v) is 3.95. The first-order valence-electron chi connectivity index (χ1n) is 7.63. The van der Waals surface area contributed by atoms with Crippen LogP contribution in [0.4, 0.5) is 5.69 Å². The van der Waals surface area contributed by atoms with E-state index in [0.717, 1.165) is 0 Å². The fraction of sp³-hybridized carbons (Fsp3) is 0.235. The topological polar surface area (TPSA) is 95.7 Å². The van der Waals surface area contributed by atoms with E-state index in [1.54, 1.807) is 38.1 Å². The third-order valence-electron chi connectivity index (χ3n) is 2.90. The summed E-state index contributed by atoms with van der Waals surface area (Å²) in [6.45, 7) is 4.47. The minimum Gasteiger partial charge on any atom is -0.311 e. The minimum atomic E-state index is -2.14. The highest BCUT2D eigenvalue weighted by Gasteiger charge is 2.10. The second-order valence-electron chi connectivity index (χ2n) is 4.62. The van der Waals surface area contributed by atoms with Crippen LogP contribution in [0.5, 0.6) is 0 Å². The zero-order valence-corrected chi connectivity index (χ0v) is 15.0. The molecule has 0 amide bonds. The van der Waals surface area contributed by atoms with E-state index in [9.17, 15) is 19.5 Å². The number of carbonyl (C=O) groups is 1. The summed E-state index contributed by atoms with van der Waals surface area (Å²) in [6, 6.07) is 14.4. The van der Waals surface area contributed by atoms with Crippen molar-refractivity contribution < 1.29 is 23.3 Å². The maximum Gasteiger partial charge on any atom is 0.319 e. The van der Waals surface area contributed by atoms with Gasteiger partial charge in [0.2, 0.25) is 0 Å². The number of carbonyl (C=O) groups excluding carboxylic acids is 1. The first-order chi connectivity index (χ1) is 12.0. The summed E-state index contributed by atoms with van der Waals surface area (Å²) in [5.74, 6) is -0.138.